The van der Waals surface area contributed by atoms with Crippen molar-refractivity contribution < 1.29 is 0 Å². The van der Waals surface area contributed by atoms with Crippen LogP contribution in [0, 0.1) is 0 Å². The van der Waals surface area contributed by atoms with Crippen LogP contribution in [-0.4, -0.2) is 6.54 Å². The average Bonchev–Trinajstić information content (AvgIpc) is 2.40. The van der Waals surface area contributed by atoms with Gasteiger partial charge in [0, 0.05) is 15.0 Å². The Hall–Kier alpha value is 0.140. The third-order valence-corrected chi connectivity index (χ3v) is 4.60. The molecule has 0 heterocycles. The second-order valence-corrected chi connectivity index (χ2v) is 6.75. The highest BCUT2D eigenvalue weighted by molar-refractivity contribution is 9.11. The third kappa shape index (κ3) is 6.42. The predicted octanol–water partition coefficient (Wildman–Crippen LogP) is 6.22. The molecule has 0 saturated heterocycles. The molecule has 0 radical (unpaired) electrons. The van der Waals surface area contributed by atoms with E-state index in [1.165, 1.54) is 48.6 Å². The first kappa shape index (κ1) is 17.2. The van der Waals surface area contributed by atoms with Gasteiger partial charge in [-0.3, -0.25) is 0 Å². The molecule has 0 fully saturated rings. The predicted molar refractivity (Wildman–Crippen MR) is 91.6 cm³/mol. The third-order valence-electron chi connectivity index (χ3n) is 3.38. The van der Waals surface area contributed by atoms with Crippen LogP contribution in [0.2, 0.25) is 0 Å². The largest absolute Gasteiger partial charge is 0.310 e. The maximum Gasteiger partial charge on any atom is 0.0331 e. The zero-order valence-electron chi connectivity index (χ0n) is 12.0. The van der Waals surface area contributed by atoms with Gasteiger partial charge in [-0.2, -0.15) is 0 Å². The van der Waals surface area contributed by atoms with Crippen LogP contribution >= 0.6 is 31.9 Å². The van der Waals surface area contributed by atoms with Crippen LogP contribution in [0.5, 0.6) is 0 Å². The Morgan fingerprint density at radius 1 is 1.05 bits per heavy atom. The lowest BCUT2D eigenvalue weighted by molar-refractivity contribution is 0.477. The molecule has 108 valence electrons. The molecule has 1 aromatic rings. The highest BCUT2D eigenvalue weighted by Crippen LogP contribution is 2.30. The number of halogens is 2. The maximum absolute atomic E-state index is 3.67. The van der Waals surface area contributed by atoms with Crippen LogP contribution in [0.1, 0.15) is 64.0 Å². The van der Waals surface area contributed by atoms with Gasteiger partial charge < -0.3 is 5.32 Å². The van der Waals surface area contributed by atoms with Gasteiger partial charge in [-0.1, -0.05) is 77.8 Å². The summed E-state index contributed by atoms with van der Waals surface area (Å²) in [5, 5.41) is 3.61. The molecule has 0 aliphatic rings. The Kier molecular flexibility index (Phi) is 9.01. The molecule has 1 rings (SSSR count). The summed E-state index contributed by atoms with van der Waals surface area (Å²) in [5.41, 5.74) is 1.37. The van der Waals surface area contributed by atoms with E-state index in [2.05, 4.69) is 69.2 Å². The fraction of sp³-hybridized carbons (Fsp3) is 0.625. The molecule has 1 atom stereocenters. The fourth-order valence-electron chi connectivity index (χ4n) is 2.35. The molecule has 1 aromatic carbocycles. The minimum Gasteiger partial charge on any atom is -0.310 e. The van der Waals surface area contributed by atoms with Crippen molar-refractivity contribution in [1.29, 1.82) is 0 Å². The molecule has 0 aliphatic heterocycles. The number of nitrogens with one attached hydrogen (secondary N) is 1. The molecule has 0 aliphatic carbocycles. The van der Waals surface area contributed by atoms with Crippen molar-refractivity contribution in [1.82, 2.24) is 5.32 Å². The van der Waals surface area contributed by atoms with E-state index in [4.69, 9.17) is 0 Å². The molecule has 3 heteroatoms. The lowest BCUT2D eigenvalue weighted by Crippen LogP contribution is -2.21. The molecular weight excluding hydrogens is 366 g/mol. The Labute approximate surface area is 134 Å². The van der Waals surface area contributed by atoms with Crippen LogP contribution in [0.25, 0.3) is 0 Å². The molecule has 0 amide bonds. The van der Waals surface area contributed by atoms with Crippen molar-refractivity contribution >= 4 is 31.9 Å². The van der Waals surface area contributed by atoms with Gasteiger partial charge in [0.2, 0.25) is 0 Å². The number of rotatable bonds is 9. The molecule has 1 nitrogen and oxygen atoms in total. The minimum atomic E-state index is 0.457. The Morgan fingerprint density at radius 3 is 2.47 bits per heavy atom. The zero-order valence-corrected chi connectivity index (χ0v) is 15.2. The molecule has 19 heavy (non-hydrogen) atoms. The van der Waals surface area contributed by atoms with E-state index in [1.807, 2.05) is 0 Å². The molecule has 0 saturated carbocycles. The first-order valence-corrected chi connectivity index (χ1v) is 8.96. The van der Waals surface area contributed by atoms with Crippen LogP contribution in [0.15, 0.2) is 27.1 Å². The smallest absolute Gasteiger partial charge is 0.0331 e. The molecule has 1 unspecified atom stereocenters. The van der Waals surface area contributed by atoms with Crippen LogP contribution in [-0.2, 0) is 0 Å². The normalized spacial score (nSPS) is 12.6. The van der Waals surface area contributed by atoms with Crippen molar-refractivity contribution in [2.24, 2.45) is 0 Å². The van der Waals surface area contributed by atoms with E-state index in [-0.39, 0.29) is 0 Å². The SMILES string of the molecule is CCCCCCCC(NCC)c1cc(Br)ccc1Br. The van der Waals surface area contributed by atoms with Crippen LogP contribution < -0.4 is 5.32 Å². The first-order valence-electron chi connectivity index (χ1n) is 7.37. The molecular formula is C16H25Br2N. The van der Waals surface area contributed by atoms with Gasteiger partial charge in [-0.05, 0) is 36.7 Å². The molecule has 0 bridgehead atoms. The summed E-state index contributed by atoms with van der Waals surface area (Å²) in [6, 6.07) is 6.89. The van der Waals surface area contributed by atoms with Crippen molar-refractivity contribution in [2.75, 3.05) is 6.54 Å². The number of benzene rings is 1. The zero-order chi connectivity index (χ0) is 14.1. The van der Waals surface area contributed by atoms with E-state index in [1.54, 1.807) is 0 Å². The van der Waals surface area contributed by atoms with Crippen molar-refractivity contribution in [2.45, 2.75) is 58.4 Å². The standard InChI is InChI=1S/C16H25Br2N/c1-3-5-6-7-8-9-16(19-4-2)14-12-13(17)10-11-15(14)18/h10-12,16,19H,3-9H2,1-2H3. The first-order chi connectivity index (χ1) is 9.19. The number of hydrogen-bond donors (Lipinski definition) is 1. The van der Waals surface area contributed by atoms with Crippen LogP contribution in [0.3, 0.4) is 0 Å². The van der Waals surface area contributed by atoms with Gasteiger partial charge in [0.1, 0.15) is 0 Å². The highest BCUT2D eigenvalue weighted by atomic mass is 79.9. The molecule has 0 spiro atoms. The second kappa shape index (κ2) is 9.95. The van der Waals surface area contributed by atoms with Crippen molar-refractivity contribution in [3.63, 3.8) is 0 Å². The monoisotopic (exact) mass is 389 g/mol. The number of hydrogen-bond acceptors (Lipinski definition) is 1. The van der Waals surface area contributed by atoms with Gasteiger partial charge in [0.05, 0.1) is 0 Å². The Bertz CT molecular complexity index is 366. The fourth-order valence-corrected chi connectivity index (χ4v) is 3.25. The van der Waals surface area contributed by atoms with E-state index < -0.39 is 0 Å². The van der Waals surface area contributed by atoms with Gasteiger partial charge >= 0.3 is 0 Å². The molecule has 1 N–H and O–H groups in total. The lowest BCUT2D eigenvalue weighted by atomic mass is 9.99. The topological polar surface area (TPSA) is 12.0 Å². The van der Waals surface area contributed by atoms with Gasteiger partial charge in [0.15, 0.2) is 0 Å². The summed E-state index contributed by atoms with van der Waals surface area (Å²) in [6.45, 7) is 5.45. The van der Waals surface area contributed by atoms with Crippen molar-refractivity contribution in [3.05, 3.63) is 32.7 Å². The van der Waals surface area contributed by atoms with E-state index in [0.29, 0.717) is 6.04 Å². The van der Waals surface area contributed by atoms with E-state index in [0.717, 1.165) is 11.0 Å². The summed E-state index contributed by atoms with van der Waals surface area (Å²) in [4.78, 5) is 0. The Balaban J connectivity index is 2.58. The second-order valence-electron chi connectivity index (χ2n) is 4.98. The summed E-state index contributed by atoms with van der Waals surface area (Å²) < 4.78 is 2.36. The lowest BCUT2D eigenvalue weighted by Gasteiger charge is -2.20. The number of unbranched alkanes of at least 4 members (excludes halogenated alkanes) is 4. The summed E-state index contributed by atoms with van der Waals surface area (Å²) in [7, 11) is 0. The van der Waals surface area contributed by atoms with Gasteiger partial charge in [-0.15, -0.1) is 0 Å². The summed E-state index contributed by atoms with van der Waals surface area (Å²) in [6.07, 6.45) is 7.92. The Morgan fingerprint density at radius 2 is 1.79 bits per heavy atom. The van der Waals surface area contributed by atoms with Gasteiger partial charge in [-0.25, -0.2) is 0 Å². The highest BCUT2D eigenvalue weighted by Gasteiger charge is 2.13. The maximum atomic E-state index is 3.67. The van der Waals surface area contributed by atoms with Gasteiger partial charge in [0.25, 0.3) is 0 Å². The quantitative estimate of drug-likeness (QED) is 0.493. The van der Waals surface area contributed by atoms with E-state index >= 15 is 0 Å². The van der Waals surface area contributed by atoms with Crippen molar-refractivity contribution in [3.8, 4) is 0 Å². The van der Waals surface area contributed by atoms with Crippen LogP contribution in [0.4, 0.5) is 0 Å². The molecule has 0 aromatic heterocycles. The summed E-state index contributed by atoms with van der Waals surface area (Å²) >= 11 is 7.24. The summed E-state index contributed by atoms with van der Waals surface area (Å²) in [5.74, 6) is 0. The van der Waals surface area contributed by atoms with E-state index in [9.17, 15) is 0 Å². The minimum absolute atomic E-state index is 0.457. The average molecular weight is 391 g/mol.